The van der Waals surface area contributed by atoms with E-state index in [9.17, 15) is 4.79 Å². The fraction of sp³-hybridized carbons (Fsp3) is 0.923. The number of carbonyl (C=O) groups is 1. The largest absolute Gasteiger partial charge is 0.465 e. The summed E-state index contributed by atoms with van der Waals surface area (Å²) in [5.74, 6) is -0.0334. The zero-order chi connectivity index (χ0) is 12.2. The Morgan fingerprint density at radius 1 is 1.44 bits per heavy atom. The third-order valence-corrected chi connectivity index (χ3v) is 3.07. The highest BCUT2D eigenvalue weighted by Crippen LogP contribution is 2.24. The molecule has 0 aromatic carbocycles. The number of esters is 1. The molecule has 0 aromatic heterocycles. The van der Waals surface area contributed by atoms with Crippen molar-refractivity contribution in [2.24, 2.45) is 5.41 Å². The van der Waals surface area contributed by atoms with Gasteiger partial charge in [-0.2, -0.15) is 0 Å². The van der Waals surface area contributed by atoms with Crippen LogP contribution in [-0.2, 0) is 9.53 Å². The molecule has 1 unspecified atom stereocenters. The molecule has 0 aliphatic carbocycles. The molecule has 0 N–H and O–H groups in total. The lowest BCUT2D eigenvalue weighted by Gasteiger charge is -2.26. The van der Waals surface area contributed by atoms with Crippen molar-refractivity contribution in [3.63, 3.8) is 0 Å². The molecular weight excluding hydrogens is 202 g/mol. The van der Waals surface area contributed by atoms with E-state index in [1.54, 1.807) is 0 Å². The first-order valence-corrected chi connectivity index (χ1v) is 6.35. The maximum Gasteiger partial charge on any atom is 0.323 e. The van der Waals surface area contributed by atoms with E-state index in [0.29, 0.717) is 12.0 Å². The minimum atomic E-state index is -0.0334. The van der Waals surface area contributed by atoms with Gasteiger partial charge in [-0.15, -0.1) is 0 Å². The van der Waals surface area contributed by atoms with Gasteiger partial charge in [0.15, 0.2) is 0 Å². The Kier molecular flexibility index (Phi) is 4.78. The van der Waals surface area contributed by atoms with Crippen LogP contribution in [0.25, 0.3) is 0 Å². The van der Waals surface area contributed by atoms with Crippen molar-refractivity contribution in [2.75, 3.05) is 19.7 Å². The standard InChI is InChI=1S/C13H25NO2/c1-5-16-12(15)11-7-6-9-14(11)10-8-13(2,3)4/h11H,5-10H2,1-4H3. The smallest absolute Gasteiger partial charge is 0.323 e. The van der Waals surface area contributed by atoms with E-state index < -0.39 is 0 Å². The third kappa shape index (κ3) is 4.12. The highest BCUT2D eigenvalue weighted by Gasteiger charge is 2.31. The maximum atomic E-state index is 11.7. The normalized spacial score (nSPS) is 22.4. The Bertz CT molecular complexity index is 233. The quantitative estimate of drug-likeness (QED) is 0.691. The molecule has 0 amide bonds. The molecule has 1 saturated heterocycles. The first-order valence-electron chi connectivity index (χ1n) is 6.35. The molecule has 1 rings (SSSR count). The van der Waals surface area contributed by atoms with Crippen molar-refractivity contribution in [3.8, 4) is 0 Å². The maximum absolute atomic E-state index is 11.7. The lowest BCUT2D eigenvalue weighted by Crippen LogP contribution is -2.38. The van der Waals surface area contributed by atoms with Gasteiger partial charge in [0, 0.05) is 0 Å². The minimum Gasteiger partial charge on any atom is -0.465 e. The van der Waals surface area contributed by atoms with E-state index in [2.05, 4.69) is 25.7 Å². The Balaban J connectivity index is 2.43. The van der Waals surface area contributed by atoms with Crippen molar-refractivity contribution in [2.45, 2.75) is 53.0 Å². The topological polar surface area (TPSA) is 29.5 Å². The summed E-state index contributed by atoms with van der Waals surface area (Å²) in [4.78, 5) is 14.0. The molecule has 0 aromatic rings. The van der Waals surface area contributed by atoms with Gasteiger partial charge < -0.3 is 4.74 Å². The van der Waals surface area contributed by atoms with Gasteiger partial charge in [-0.25, -0.2) is 0 Å². The predicted molar refractivity (Wildman–Crippen MR) is 65.3 cm³/mol. The summed E-state index contributed by atoms with van der Waals surface area (Å²) < 4.78 is 5.11. The van der Waals surface area contributed by atoms with Crippen LogP contribution in [0.3, 0.4) is 0 Å². The zero-order valence-corrected chi connectivity index (χ0v) is 11.1. The van der Waals surface area contributed by atoms with Crippen LogP contribution in [0.1, 0.15) is 47.0 Å². The van der Waals surface area contributed by atoms with Gasteiger partial charge in [0.05, 0.1) is 6.61 Å². The Labute approximate surface area is 99.1 Å². The molecule has 3 nitrogen and oxygen atoms in total. The summed E-state index contributed by atoms with van der Waals surface area (Å²) in [7, 11) is 0. The van der Waals surface area contributed by atoms with E-state index in [1.165, 1.54) is 0 Å². The van der Waals surface area contributed by atoms with E-state index in [1.807, 2.05) is 6.92 Å². The fourth-order valence-electron chi connectivity index (χ4n) is 2.08. The van der Waals surface area contributed by atoms with Gasteiger partial charge in [-0.3, -0.25) is 9.69 Å². The number of carbonyl (C=O) groups excluding carboxylic acids is 1. The zero-order valence-electron chi connectivity index (χ0n) is 11.1. The number of rotatable bonds is 4. The second-order valence-electron chi connectivity index (χ2n) is 5.76. The van der Waals surface area contributed by atoms with Crippen molar-refractivity contribution >= 4 is 5.97 Å². The lowest BCUT2D eigenvalue weighted by molar-refractivity contribution is -0.148. The van der Waals surface area contributed by atoms with E-state index >= 15 is 0 Å². The van der Waals surface area contributed by atoms with Gasteiger partial charge in [0.25, 0.3) is 0 Å². The van der Waals surface area contributed by atoms with E-state index in [4.69, 9.17) is 4.74 Å². The molecular formula is C13H25NO2. The van der Waals surface area contributed by atoms with Crippen LogP contribution in [-0.4, -0.2) is 36.6 Å². The second kappa shape index (κ2) is 5.67. The highest BCUT2D eigenvalue weighted by atomic mass is 16.5. The monoisotopic (exact) mass is 227 g/mol. The van der Waals surface area contributed by atoms with Gasteiger partial charge in [-0.1, -0.05) is 20.8 Å². The molecule has 1 aliphatic heterocycles. The summed E-state index contributed by atoms with van der Waals surface area (Å²) in [6, 6.07) is 0.0160. The van der Waals surface area contributed by atoms with Crippen LogP contribution in [0.2, 0.25) is 0 Å². The summed E-state index contributed by atoms with van der Waals surface area (Å²) in [5.41, 5.74) is 0.335. The number of ether oxygens (including phenoxy) is 1. The van der Waals surface area contributed by atoms with Crippen molar-refractivity contribution < 1.29 is 9.53 Å². The van der Waals surface area contributed by atoms with Gasteiger partial charge in [-0.05, 0) is 44.7 Å². The molecule has 0 saturated carbocycles. The van der Waals surface area contributed by atoms with Crippen LogP contribution in [0.4, 0.5) is 0 Å². The third-order valence-electron chi connectivity index (χ3n) is 3.07. The second-order valence-corrected chi connectivity index (χ2v) is 5.76. The van der Waals surface area contributed by atoms with E-state index in [-0.39, 0.29) is 12.0 Å². The summed E-state index contributed by atoms with van der Waals surface area (Å²) >= 11 is 0. The first kappa shape index (κ1) is 13.5. The van der Waals surface area contributed by atoms with Crippen molar-refractivity contribution in [1.82, 2.24) is 4.90 Å². The Hall–Kier alpha value is -0.570. The molecule has 0 radical (unpaired) electrons. The molecule has 1 aliphatic rings. The lowest BCUT2D eigenvalue weighted by atomic mass is 9.92. The average molecular weight is 227 g/mol. The fourth-order valence-corrected chi connectivity index (χ4v) is 2.08. The molecule has 94 valence electrons. The highest BCUT2D eigenvalue weighted by molar-refractivity contribution is 5.76. The Morgan fingerprint density at radius 3 is 2.69 bits per heavy atom. The summed E-state index contributed by atoms with van der Waals surface area (Å²) in [6.45, 7) is 11.1. The SMILES string of the molecule is CCOC(=O)C1CCCN1CCC(C)(C)C. The van der Waals surface area contributed by atoms with Crippen LogP contribution >= 0.6 is 0 Å². The predicted octanol–water partition coefficient (Wildman–Crippen LogP) is 2.45. The molecule has 0 bridgehead atoms. The number of hydrogen-bond donors (Lipinski definition) is 0. The van der Waals surface area contributed by atoms with Crippen molar-refractivity contribution in [3.05, 3.63) is 0 Å². The van der Waals surface area contributed by atoms with Gasteiger partial charge in [0.2, 0.25) is 0 Å². The summed E-state index contributed by atoms with van der Waals surface area (Å²) in [6.07, 6.45) is 3.21. The minimum absolute atomic E-state index is 0.0160. The van der Waals surface area contributed by atoms with Gasteiger partial charge in [0.1, 0.15) is 6.04 Å². The van der Waals surface area contributed by atoms with Gasteiger partial charge >= 0.3 is 5.97 Å². The number of nitrogens with zero attached hydrogens (tertiary/aromatic N) is 1. The molecule has 1 atom stereocenters. The molecule has 3 heteroatoms. The molecule has 0 spiro atoms. The number of hydrogen-bond acceptors (Lipinski definition) is 3. The molecule has 1 fully saturated rings. The average Bonchev–Trinajstić information content (AvgIpc) is 2.61. The van der Waals surface area contributed by atoms with E-state index in [0.717, 1.165) is 32.4 Å². The van der Waals surface area contributed by atoms with Crippen LogP contribution in [0, 0.1) is 5.41 Å². The number of likely N-dealkylation sites (tertiary alicyclic amines) is 1. The van der Waals surface area contributed by atoms with Crippen LogP contribution in [0.5, 0.6) is 0 Å². The molecule has 16 heavy (non-hydrogen) atoms. The van der Waals surface area contributed by atoms with Crippen LogP contribution < -0.4 is 0 Å². The summed E-state index contributed by atoms with van der Waals surface area (Å²) in [5, 5.41) is 0. The first-order chi connectivity index (χ1) is 7.44. The van der Waals surface area contributed by atoms with Crippen LogP contribution in [0.15, 0.2) is 0 Å². The molecule has 1 heterocycles. The Morgan fingerprint density at radius 2 is 2.12 bits per heavy atom. The van der Waals surface area contributed by atoms with Crippen molar-refractivity contribution in [1.29, 1.82) is 0 Å².